The van der Waals surface area contributed by atoms with Gasteiger partial charge in [0.15, 0.2) is 5.82 Å². The van der Waals surface area contributed by atoms with Crippen molar-refractivity contribution in [1.29, 1.82) is 0 Å². The summed E-state index contributed by atoms with van der Waals surface area (Å²) in [6.07, 6.45) is 1.05. The average molecular weight is 286 g/mol. The van der Waals surface area contributed by atoms with E-state index in [-0.39, 0.29) is 11.8 Å². The zero-order valence-corrected chi connectivity index (χ0v) is 13.0. The van der Waals surface area contributed by atoms with Crippen LogP contribution in [0.3, 0.4) is 0 Å². The second-order valence-corrected chi connectivity index (χ2v) is 5.87. The Morgan fingerprint density at radius 2 is 1.90 bits per heavy atom. The Hall–Kier alpha value is -2.10. The van der Waals surface area contributed by atoms with Crippen LogP contribution in [0, 0.1) is 12.8 Å². The van der Waals surface area contributed by atoms with E-state index < -0.39 is 0 Å². The molecular weight excluding hydrogens is 264 g/mol. The fourth-order valence-electron chi connectivity index (χ4n) is 2.22. The van der Waals surface area contributed by atoms with Crippen LogP contribution in [-0.4, -0.2) is 11.1 Å². The fraction of sp³-hybridized carbons (Fsp3) is 0.412. The lowest BCUT2D eigenvalue weighted by molar-refractivity contribution is -0.117. The van der Waals surface area contributed by atoms with E-state index in [0.717, 1.165) is 12.0 Å². The molecule has 21 heavy (non-hydrogen) atoms. The molecule has 0 aliphatic rings. The number of hydrogen-bond donors (Lipinski definition) is 1. The number of carbonyl (C=O) groups excluding carboxylic acids is 1. The molecular formula is C17H22N2O2. The van der Waals surface area contributed by atoms with Crippen molar-refractivity contribution in [2.75, 3.05) is 5.32 Å². The Morgan fingerprint density at radius 3 is 2.43 bits per heavy atom. The van der Waals surface area contributed by atoms with E-state index in [1.54, 1.807) is 13.0 Å². The highest BCUT2D eigenvalue weighted by Gasteiger charge is 2.16. The van der Waals surface area contributed by atoms with Crippen LogP contribution in [0.2, 0.25) is 0 Å². The molecule has 1 atom stereocenters. The Balaban J connectivity index is 2.01. The topological polar surface area (TPSA) is 55.1 Å². The van der Waals surface area contributed by atoms with Gasteiger partial charge in [-0.25, -0.2) is 0 Å². The van der Waals surface area contributed by atoms with E-state index >= 15 is 0 Å². The molecule has 1 aromatic heterocycles. The molecule has 0 saturated heterocycles. The van der Waals surface area contributed by atoms with Crippen molar-refractivity contribution in [1.82, 2.24) is 5.16 Å². The molecule has 0 fully saturated rings. The number of aromatic nitrogens is 1. The maximum atomic E-state index is 12.2. The quantitative estimate of drug-likeness (QED) is 0.906. The highest BCUT2D eigenvalue weighted by Crippen LogP contribution is 2.19. The lowest BCUT2D eigenvalue weighted by Gasteiger charge is -2.12. The van der Waals surface area contributed by atoms with Crippen LogP contribution in [0.4, 0.5) is 5.82 Å². The van der Waals surface area contributed by atoms with Crippen LogP contribution in [0.15, 0.2) is 34.9 Å². The van der Waals surface area contributed by atoms with Gasteiger partial charge in [0, 0.05) is 6.07 Å². The van der Waals surface area contributed by atoms with Gasteiger partial charge in [-0.3, -0.25) is 4.79 Å². The second-order valence-electron chi connectivity index (χ2n) is 5.87. The molecule has 112 valence electrons. The first kappa shape index (κ1) is 15.3. The summed E-state index contributed by atoms with van der Waals surface area (Å²) in [7, 11) is 0. The van der Waals surface area contributed by atoms with Gasteiger partial charge in [-0.15, -0.1) is 0 Å². The van der Waals surface area contributed by atoms with Gasteiger partial charge < -0.3 is 9.84 Å². The number of rotatable bonds is 5. The third-order valence-electron chi connectivity index (χ3n) is 3.40. The molecule has 1 aromatic carbocycles. The summed E-state index contributed by atoms with van der Waals surface area (Å²) in [6.45, 7) is 8.08. The molecule has 2 aromatic rings. The molecule has 1 amide bonds. The highest BCUT2D eigenvalue weighted by atomic mass is 16.5. The van der Waals surface area contributed by atoms with Crippen LogP contribution in [0.1, 0.15) is 43.6 Å². The van der Waals surface area contributed by atoms with Gasteiger partial charge in [0.25, 0.3) is 0 Å². The number of aryl methyl sites for hydroxylation is 1. The van der Waals surface area contributed by atoms with Crippen molar-refractivity contribution < 1.29 is 9.32 Å². The molecule has 4 heteroatoms. The number of anilines is 1. The van der Waals surface area contributed by atoms with Crippen molar-refractivity contribution in [2.24, 2.45) is 5.92 Å². The molecule has 1 N–H and O–H groups in total. The largest absolute Gasteiger partial charge is 0.360 e. The first-order chi connectivity index (χ1) is 9.95. The van der Waals surface area contributed by atoms with Gasteiger partial charge >= 0.3 is 0 Å². The normalized spacial score (nSPS) is 12.4. The molecule has 0 unspecified atom stereocenters. The number of nitrogens with one attached hydrogen (secondary N) is 1. The number of nitrogens with zero attached hydrogens (tertiary/aromatic N) is 1. The summed E-state index contributed by atoms with van der Waals surface area (Å²) >= 11 is 0. The molecule has 2 rings (SSSR count). The summed E-state index contributed by atoms with van der Waals surface area (Å²) < 4.78 is 4.94. The Morgan fingerprint density at radius 1 is 1.24 bits per heavy atom. The first-order valence-corrected chi connectivity index (χ1v) is 7.28. The van der Waals surface area contributed by atoms with E-state index in [2.05, 4.69) is 36.5 Å². The van der Waals surface area contributed by atoms with E-state index in [4.69, 9.17) is 4.52 Å². The maximum absolute atomic E-state index is 12.2. The summed E-state index contributed by atoms with van der Waals surface area (Å²) in [6, 6.07) is 9.95. The van der Waals surface area contributed by atoms with Crippen molar-refractivity contribution in [3.05, 3.63) is 47.2 Å². The first-order valence-electron chi connectivity index (χ1n) is 7.28. The number of benzene rings is 1. The highest BCUT2D eigenvalue weighted by molar-refractivity contribution is 5.94. The fourth-order valence-corrected chi connectivity index (χ4v) is 2.22. The van der Waals surface area contributed by atoms with Crippen LogP contribution in [-0.2, 0) is 11.2 Å². The molecule has 1 heterocycles. The molecule has 0 saturated carbocycles. The number of amides is 1. The minimum absolute atomic E-state index is 0.0834. The summed E-state index contributed by atoms with van der Waals surface area (Å²) in [5.41, 5.74) is 2.30. The van der Waals surface area contributed by atoms with Gasteiger partial charge in [-0.1, -0.05) is 43.3 Å². The molecule has 0 bridgehead atoms. The number of carbonyl (C=O) groups is 1. The van der Waals surface area contributed by atoms with E-state index in [9.17, 15) is 4.79 Å². The average Bonchev–Trinajstić information content (AvgIpc) is 2.83. The van der Waals surface area contributed by atoms with Crippen molar-refractivity contribution in [3.63, 3.8) is 0 Å². The van der Waals surface area contributed by atoms with Crippen LogP contribution in [0.25, 0.3) is 0 Å². The van der Waals surface area contributed by atoms with Gasteiger partial charge in [0.2, 0.25) is 5.91 Å². The lowest BCUT2D eigenvalue weighted by Crippen LogP contribution is -2.19. The third-order valence-corrected chi connectivity index (χ3v) is 3.40. The standard InChI is InChI=1S/C17H22N2O2/c1-11(2)9-14-5-7-15(8-6-14)13(4)17(20)18-16-10-12(3)21-19-16/h5-8,10-11,13H,9H2,1-4H3,(H,18,19,20)/t13-/m1/s1. The zero-order valence-electron chi connectivity index (χ0n) is 13.0. The third kappa shape index (κ3) is 4.18. The monoisotopic (exact) mass is 286 g/mol. The van der Waals surface area contributed by atoms with Crippen LogP contribution in [0.5, 0.6) is 0 Å². The Bertz CT molecular complexity index is 600. The molecule has 0 aliphatic carbocycles. The van der Waals surface area contributed by atoms with Crippen molar-refractivity contribution >= 4 is 11.7 Å². The summed E-state index contributed by atoms with van der Waals surface area (Å²) in [5, 5.41) is 6.54. The maximum Gasteiger partial charge on any atom is 0.232 e. The Labute approximate surface area is 125 Å². The molecule has 0 spiro atoms. The smallest absolute Gasteiger partial charge is 0.232 e. The van der Waals surface area contributed by atoms with Crippen LogP contribution < -0.4 is 5.32 Å². The molecule has 0 aliphatic heterocycles. The lowest BCUT2D eigenvalue weighted by atomic mass is 9.96. The second kappa shape index (κ2) is 6.57. The minimum atomic E-state index is -0.227. The predicted octanol–water partition coefficient (Wildman–Crippen LogP) is 3.92. The van der Waals surface area contributed by atoms with Crippen LogP contribution >= 0.6 is 0 Å². The summed E-state index contributed by atoms with van der Waals surface area (Å²) in [5.74, 6) is 1.46. The summed E-state index contributed by atoms with van der Waals surface area (Å²) in [4.78, 5) is 12.2. The van der Waals surface area contributed by atoms with Gasteiger partial charge in [-0.05, 0) is 37.3 Å². The molecule has 4 nitrogen and oxygen atoms in total. The van der Waals surface area contributed by atoms with Crippen molar-refractivity contribution in [2.45, 2.75) is 40.0 Å². The van der Waals surface area contributed by atoms with E-state index in [1.165, 1.54) is 5.56 Å². The number of hydrogen-bond acceptors (Lipinski definition) is 3. The zero-order chi connectivity index (χ0) is 15.4. The SMILES string of the molecule is Cc1cc(NC(=O)[C@H](C)c2ccc(CC(C)C)cc2)no1. The Kier molecular flexibility index (Phi) is 4.78. The minimum Gasteiger partial charge on any atom is -0.360 e. The molecule has 0 radical (unpaired) electrons. The van der Waals surface area contributed by atoms with E-state index in [1.807, 2.05) is 19.1 Å². The van der Waals surface area contributed by atoms with Gasteiger partial charge in [-0.2, -0.15) is 0 Å². The van der Waals surface area contributed by atoms with Crippen molar-refractivity contribution in [3.8, 4) is 0 Å². The van der Waals surface area contributed by atoms with Gasteiger partial charge in [0.05, 0.1) is 5.92 Å². The predicted molar refractivity (Wildman–Crippen MR) is 83.3 cm³/mol. The van der Waals surface area contributed by atoms with Gasteiger partial charge in [0.1, 0.15) is 5.76 Å². The van der Waals surface area contributed by atoms with E-state index in [0.29, 0.717) is 17.5 Å².